The number of hydrogen-bond acceptors (Lipinski definition) is 6. The van der Waals surface area contributed by atoms with Crippen LogP contribution in [0.1, 0.15) is 27.3 Å². The normalized spacial score (nSPS) is 13.0. The lowest BCUT2D eigenvalue weighted by Crippen LogP contribution is -2.12. The van der Waals surface area contributed by atoms with E-state index >= 15 is 0 Å². The van der Waals surface area contributed by atoms with Gasteiger partial charge in [-0.1, -0.05) is 0 Å². The minimum absolute atomic E-state index is 0.0331. The topological polar surface area (TPSA) is 111 Å². The van der Waals surface area contributed by atoms with Gasteiger partial charge < -0.3 is 5.73 Å². The Bertz CT molecular complexity index is 720. The average Bonchev–Trinajstić information content (AvgIpc) is 2.98. The van der Waals surface area contributed by atoms with E-state index in [1.165, 1.54) is 34.4 Å². The van der Waals surface area contributed by atoms with Gasteiger partial charge >= 0.3 is 0 Å². The third-order valence-corrected chi connectivity index (χ3v) is 4.38. The van der Waals surface area contributed by atoms with Crippen molar-refractivity contribution in [2.75, 3.05) is 11.1 Å². The summed E-state index contributed by atoms with van der Waals surface area (Å²) < 4.78 is 0. The van der Waals surface area contributed by atoms with Crippen LogP contribution < -0.4 is 11.1 Å². The van der Waals surface area contributed by atoms with Crippen molar-refractivity contribution in [1.29, 1.82) is 0 Å². The molecule has 0 radical (unpaired) electrons. The third-order valence-electron chi connectivity index (χ3n) is 3.30. The molecule has 8 heteroatoms. The van der Waals surface area contributed by atoms with Gasteiger partial charge in [-0.25, -0.2) is 4.98 Å². The molecule has 7 nitrogen and oxygen atoms in total. The van der Waals surface area contributed by atoms with E-state index in [4.69, 9.17) is 5.73 Å². The largest absolute Gasteiger partial charge is 0.393 e. The second-order valence-corrected chi connectivity index (χ2v) is 5.81. The molecule has 1 aliphatic carbocycles. The van der Waals surface area contributed by atoms with Crippen LogP contribution in [0.5, 0.6) is 0 Å². The molecular weight excluding hydrogens is 292 g/mol. The van der Waals surface area contributed by atoms with Crippen molar-refractivity contribution in [2.24, 2.45) is 0 Å². The van der Waals surface area contributed by atoms with Gasteiger partial charge in [-0.15, -0.1) is 11.3 Å². The number of rotatable bonds is 3. The van der Waals surface area contributed by atoms with Gasteiger partial charge in [0, 0.05) is 16.5 Å². The highest BCUT2D eigenvalue weighted by molar-refractivity contribution is 7.15. The average molecular weight is 304 g/mol. The predicted octanol–water partition coefficient (Wildman–Crippen LogP) is 2.37. The number of nitro benzene ring substituents is 1. The molecule has 3 rings (SSSR count). The zero-order valence-electron chi connectivity index (χ0n) is 11.0. The maximum atomic E-state index is 12.1. The van der Waals surface area contributed by atoms with Crippen LogP contribution in [0.4, 0.5) is 16.5 Å². The summed E-state index contributed by atoms with van der Waals surface area (Å²) in [4.78, 5) is 27.8. The Labute approximate surface area is 124 Å². The third kappa shape index (κ3) is 2.57. The molecule has 1 heterocycles. The van der Waals surface area contributed by atoms with E-state index in [9.17, 15) is 14.9 Å². The number of aryl methyl sites for hydroxylation is 2. The highest BCUT2D eigenvalue weighted by Crippen LogP contribution is 2.31. The number of aromatic nitrogens is 1. The molecule has 3 N–H and O–H groups in total. The number of nitrogens with one attached hydrogen (secondary N) is 1. The Morgan fingerprint density at radius 3 is 2.90 bits per heavy atom. The van der Waals surface area contributed by atoms with Crippen LogP contribution in [0.25, 0.3) is 0 Å². The summed E-state index contributed by atoms with van der Waals surface area (Å²) >= 11 is 1.47. The maximum absolute atomic E-state index is 12.1. The van der Waals surface area contributed by atoms with Crippen LogP contribution >= 0.6 is 11.3 Å². The van der Waals surface area contributed by atoms with E-state index in [1.807, 2.05) is 0 Å². The molecule has 1 amide bonds. The first-order valence-corrected chi connectivity index (χ1v) is 7.20. The summed E-state index contributed by atoms with van der Waals surface area (Å²) in [5, 5.41) is 14.0. The second-order valence-electron chi connectivity index (χ2n) is 4.73. The molecule has 1 aromatic heterocycles. The SMILES string of the molecule is Nc1cc(C(=O)Nc2nc3c(s2)CCC3)ccc1[N+](=O)[O-]. The first-order chi connectivity index (χ1) is 10.0. The van der Waals surface area contributed by atoms with Crippen molar-refractivity contribution in [3.05, 3.63) is 44.4 Å². The van der Waals surface area contributed by atoms with Crippen molar-refractivity contribution < 1.29 is 9.72 Å². The Kier molecular flexibility index (Phi) is 3.30. The number of thiazole rings is 1. The van der Waals surface area contributed by atoms with Gasteiger partial charge in [-0.05, 0) is 31.4 Å². The molecule has 0 saturated carbocycles. The fourth-order valence-corrected chi connectivity index (χ4v) is 3.32. The summed E-state index contributed by atoms with van der Waals surface area (Å²) in [6.45, 7) is 0. The Hall–Kier alpha value is -2.48. The highest BCUT2D eigenvalue weighted by Gasteiger charge is 2.19. The fourth-order valence-electron chi connectivity index (χ4n) is 2.28. The Morgan fingerprint density at radius 1 is 1.43 bits per heavy atom. The summed E-state index contributed by atoms with van der Waals surface area (Å²) in [5.74, 6) is -0.371. The molecule has 108 valence electrons. The number of hydrogen-bond donors (Lipinski definition) is 2. The summed E-state index contributed by atoms with van der Waals surface area (Å²) in [7, 11) is 0. The smallest absolute Gasteiger partial charge is 0.292 e. The molecule has 21 heavy (non-hydrogen) atoms. The van der Waals surface area contributed by atoms with Crippen molar-refractivity contribution in [3.8, 4) is 0 Å². The first-order valence-electron chi connectivity index (χ1n) is 6.38. The number of carbonyl (C=O) groups excluding carboxylic acids is 1. The number of nitro groups is 1. The molecular formula is C13H12N4O3S. The number of nitrogens with zero attached hydrogens (tertiary/aromatic N) is 2. The van der Waals surface area contributed by atoms with Crippen LogP contribution in [0.2, 0.25) is 0 Å². The van der Waals surface area contributed by atoms with E-state index < -0.39 is 4.92 Å². The number of carbonyl (C=O) groups is 1. The van der Waals surface area contributed by atoms with E-state index in [-0.39, 0.29) is 22.8 Å². The molecule has 1 aliphatic rings. The van der Waals surface area contributed by atoms with Crippen LogP contribution in [-0.4, -0.2) is 15.8 Å². The number of anilines is 2. The standard InChI is InChI=1S/C13H12N4O3S/c14-8-6-7(4-5-10(8)17(19)20)12(18)16-13-15-9-2-1-3-11(9)21-13/h4-6H,1-3,14H2,(H,15,16,18). The minimum atomic E-state index is -0.581. The van der Waals surface area contributed by atoms with Gasteiger partial charge in [-0.3, -0.25) is 20.2 Å². The van der Waals surface area contributed by atoms with Gasteiger partial charge in [0.15, 0.2) is 5.13 Å². The zero-order chi connectivity index (χ0) is 15.0. The fraction of sp³-hybridized carbons (Fsp3) is 0.231. The van der Waals surface area contributed by atoms with Gasteiger partial charge in [0.25, 0.3) is 11.6 Å². The monoisotopic (exact) mass is 304 g/mol. The molecule has 0 fully saturated rings. The Morgan fingerprint density at radius 2 is 2.24 bits per heavy atom. The molecule has 0 aliphatic heterocycles. The molecule has 0 atom stereocenters. The molecule has 0 saturated heterocycles. The van der Waals surface area contributed by atoms with Crippen LogP contribution in [0.3, 0.4) is 0 Å². The van der Waals surface area contributed by atoms with Gasteiger partial charge in [0.1, 0.15) is 5.69 Å². The van der Waals surface area contributed by atoms with Crippen molar-refractivity contribution in [1.82, 2.24) is 4.98 Å². The van der Waals surface area contributed by atoms with Gasteiger partial charge in [0.2, 0.25) is 0 Å². The first kappa shape index (κ1) is 13.5. The maximum Gasteiger partial charge on any atom is 0.292 e. The summed E-state index contributed by atoms with van der Waals surface area (Å²) in [6, 6.07) is 3.91. The Balaban J connectivity index is 1.78. The van der Waals surface area contributed by atoms with Crippen LogP contribution in [0, 0.1) is 10.1 Å². The number of amides is 1. The van der Waals surface area contributed by atoms with Crippen molar-refractivity contribution >= 4 is 33.8 Å². The van der Waals surface area contributed by atoms with Crippen molar-refractivity contribution in [2.45, 2.75) is 19.3 Å². The van der Waals surface area contributed by atoms with E-state index in [0.717, 1.165) is 25.0 Å². The number of benzene rings is 1. The molecule has 0 spiro atoms. The molecule has 0 unspecified atom stereocenters. The molecule has 0 bridgehead atoms. The lowest BCUT2D eigenvalue weighted by Gasteiger charge is -2.03. The van der Waals surface area contributed by atoms with Gasteiger partial charge in [-0.2, -0.15) is 0 Å². The lowest BCUT2D eigenvalue weighted by atomic mass is 10.1. The van der Waals surface area contributed by atoms with E-state index in [0.29, 0.717) is 5.13 Å². The number of fused-ring (bicyclic) bond motifs is 1. The summed E-state index contributed by atoms with van der Waals surface area (Å²) in [6.07, 6.45) is 3.07. The summed E-state index contributed by atoms with van der Waals surface area (Å²) in [5.41, 5.74) is 6.66. The number of nitrogen functional groups attached to an aromatic ring is 1. The van der Waals surface area contributed by atoms with E-state index in [2.05, 4.69) is 10.3 Å². The number of nitrogens with two attached hydrogens (primary N) is 1. The molecule has 1 aromatic carbocycles. The van der Waals surface area contributed by atoms with Gasteiger partial charge in [0.05, 0.1) is 10.6 Å². The minimum Gasteiger partial charge on any atom is -0.393 e. The van der Waals surface area contributed by atoms with Crippen LogP contribution in [0.15, 0.2) is 18.2 Å². The lowest BCUT2D eigenvalue weighted by molar-refractivity contribution is -0.383. The zero-order valence-corrected chi connectivity index (χ0v) is 11.8. The molecule has 2 aromatic rings. The van der Waals surface area contributed by atoms with Crippen molar-refractivity contribution in [3.63, 3.8) is 0 Å². The highest BCUT2D eigenvalue weighted by atomic mass is 32.1. The quantitative estimate of drug-likeness (QED) is 0.513. The van der Waals surface area contributed by atoms with E-state index in [1.54, 1.807) is 0 Å². The second kappa shape index (κ2) is 5.13. The van der Waals surface area contributed by atoms with Crippen LogP contribution in [-0.2, 0) is 12.8 Å². The predicted molar refractivity (Wildman–Crippen MR) is 79.6 cm³/mol.